The van der Waals surface area contributed by atoms with Crippen molar-refractivity contribution in [3.05, 3.63) is 65.7 Å². The Morgan fingerprint density at radius 1 is 0.757 bits per heavy atom. The number of nitrogens with one attached hydrogen (secondary N) is 9. The lowest BCUT2D eigenvalue weighted by atomic mass is 10.0. The molecular formula is C44H65N13O13. The molecule has 2 aromatic rings. The largest absolute Gasteiger partial charge is 0.508 e. The van der Waals surface area contributed by atoms with Gasteiger partial charge in [-0.15, -0.1) is 0 Å². The number of aromatic hydroxyl groups is 1. The number of hydrogen-bond donors (Lipinski definition) is 16. The molecule has 19 N–H and O–H groups in total. The van der Waals surface area contributed by atoms with Crippen LogP contribution in [-0.2, 0) is 51.2 Å². The van der Waals surface area contributed by atoms with Crippen LogP contribution in [0.25, 0.3) is 0 Å². The van der Waals surface area contributed by atoms with Gasteiger partial charge in [-0.2, -0.15) is 0 Å². The number of nitrogens with two attached hydrogens (primary N) is 3. The summed E-state index contributed by atoms with van der Waals surface area (Å²) in [4.78, 5) is 120. The molecule has 0 bridgehead atoms. The maximum atomic E-state index is 13.8. The molecule has 26 heteroatoms. The van der Waals surface area contributed by atoms with Crippen molar-refractivity contribution in [2.24, 2.45) is 23.1 Å². The van der Waals surface area contributed by atoms with E-state index in [0.717, 1.165) is 11.8 Å². The fourth-order valence-corrected chi connectivity index (χ4v) is 7.31. The van der Waals surface area contributed by atoms with Gasteiger partial charge in [-0.05, 0) is 61.8 Å². The van der Waals surface area contributed by atoms with Gasteiger partial charge in [-0.3, -0.25) is 44.4 Å². The third-order valence-corrected chi connectivity index (χ3v) is 10.8. The van der Waals surface area contributed by atoms with Gasteiger partial charge in [-0.25, -0.2) is 15.0 Å². The molecule has 2 aromatic carbocycles. The molecule has 1 heterocycles. The van der Waals surface area contributed by atoms with Crippen LogP contribution >= 0.6 is 0 Å². The Bertz CT molecular complexity index is 2160. The first kappa shape index (κ1) is 56.7. The van der Waals surface area contributed by atoms with Crippen LogP contribution in [-0.4, -0.2) is 152 Å². The lowest BCUT2D eigenvalue weighted by Crippen LogP contribution is -2.62. The van der Waals surface area contributed by atoms with E-state index in [0.29, 0.717) is 11.1 Å². The maximum Gasteiger partial charge on any atom is 0.334 e. The molecule has 9 amide bonds. The Kier molecular flexibility index (Phi) is 22.2. The molecule has 26 nitrogen and oxygen atoms in total. The summed E-state index contributed by atoms with van der Waals surface area (Å²) >= 11 is 0. The number of primary amides is 1. The lowest BCUT2D eigenvalue weighted by Gasteiger charge is -2.29. The van der Waals surface area contributed by atoms with Gasteiger partial charge in [0.05, 0.1) is 24.7 Å². The summed E-state index contributed by atoms with van der Waals surface area (Å²) in [7, 11) is 0. The van der Waals surface area contributed by atoms with E-state index in [2.05, 4.69) is 42.8 Å². The number of likely N-dealkylation sites (tertiary alicyclic amines) is 1. The molecule has 1 saturated heterocycles. The molecular weight excluding hydrogens is 919 g/mol. The quantitative estimate of drug-likeness (QED) is 0.0194. The van der Waals surface area contributed by atoms with Gasteiger partial charge in [0, 0.05) is 25.9 Å². The molecule has 0 aliphatic carbocycles. The molecule has 0 saturated carbocycles. The number of guanidine groups is 1. The Morgan fingerprint density at radius 3 is 1.96 bits per heavy atom. The zero-order valence-corrected chi connectivity index (χ0v) is 39.0. The molecule has 1 aliphatic heterocycles. The first-order valence-corrected chi connectivity index (χ1v) is 22.4. The van der Waals surface area contributed by atoms with Crippen molar-refractivity contribution >= 4 is 59.3 Å². The summed E-state index contributed by atoms with van der Waals surface area (Å²) in [6, 6.07) is 2.74. The summed E-state index contributed by atoms with van der Waals surface area (Å²) < 4.78 is 0. The molecule has 0 spiro atoms. The van der Waals surface area contributed by atoms with Gasteiger partial charge in [-0.1, -0.05) is 56.3 Å². The standard InChI is InChI=1S/C44H65N13O13/c1-22(2)16-30(36(62)50-29(42(68)69)10-7-15-49-43(47)48)53-44(70)56-55-38(64)31(18-24-8-5-4-6-9-24)52-40(66)35(23(3)58)54-37(63)32(20-34(46)61)51-39(65)33-19-27(60)21-57(33)41(67)28(45)17-25-11-13-26(59)14-12-25/h4-6,8-9,11-14,22-23,27-33,35,58-60H,7,10,15-21,45H2,1-3H3,(H2,46,61)(H,50,62)(H,51,65)(H,52,66)(H,54,63)(H,55,64)(H,68,69)(H4,47,48,49)(H2,53,56,70)/t23-,27-,28+,29+,30+,31+,32+,33+,35+/m1/s1. The number of aliphatic hydroxyl groups excluding tert-OH is 2. The van der Waals surface area contributed by atoms with Crippen LogP contribution in [0.3, 0.4) is 0 Å². The number of urea groups is 1. The van der Waals surface area contributed by atoms with E-state index in [-0.39, 0.29) is 69.2 Å². The number of carboxylic acid groups (broad SMARTS) is 1. The van der Waals surface area contributed by atoms with Crippen LogP contribution in [0.2, 0.25) is 0 Å². The highest BCUT2D eigenvalue weighted by atomic mass is 16.4. The third-order valence-electron chi connectivity index (χ3n) is 10.8. The molecule has 9 atom stereocenters. The zero-order chi connectivity index (χ0) is 52.2. The molecule has 70 heavy (non-hydrogen) atoms. The summed E-state index contributed by atoms with van der Waals surface area (Å²) in [5, 5.41) is 62.0. The van der Waals surface area contributed by atoms with Gasteiger partial charge in [0.15, 0.2) is 5.96 Å². The predicted molar refractivity (Wildman–Crippen MR) is 249 cm³/mol. The second kappa shape index (κ2) is 27.4. The minimum absolute atomic E-state index is 0.00639. The van der Waals surface area contributed by atoms with Crippen molar-refractivity contribution in [1.82, 2.24) is 47.7 Å². The smallest absolute Gasteiger partial charge is 0.334 e. The Hall–Kier alpha value is -7.58. The number of hydrazine groups is 1. The Morgan fingerprint density at radius 2 is 1.37 bits per heavy atom. The number of hydrogen-bond acceptors (Lipinski definition) is 14. The van der Waals surface area contributed by atoms with E-state index < -0.39 is 114 Å². The molecule has 1 fully saturated rings. The first-order valence-electron chi connectivity index (χ1n) is 22.4. The van der Waals surface area contributed by atoms with E-state index >= 15 is 0 Å². The van der Waals surface area contributed by atoms with Crippen LogP contribution < -0.4 is 60.0 Å². The molecule has 0 radical (unpaired) electrons. The molecule has 0 aromatic heterocycles. The normalized spacial score (nSPS) is 17.2. The molecule has 384 valence electrons. The number of carbonyl (C=O) groups is 9. The van der Waals surface area contributed by atoms with Gasteiger partial charge in [0.1, 0.15) is 42.0 Å². The third kappa shape index (κ3) is 18.8. The molecule has 0 unspecified atom stereocenters. The fraction of sp³-hybridized carbons (Fsp3) is 0.500. The van der Waals surface area contributed by atoms with E-state index in [1.165, 1.54) is 12.1 Å². The SMILES string of the molecule is CC(C)C[C@H](NC(=O)NNC(=O)[C@H](Cc1ccccc1)NC(=O)[C@@H](NC(=O)[C@H](CC(N)=O)NC(=O)[C@@H]1C[C@@H](O)CN1C(=O)[C@@H](N)Cc1ccc(O)cc1)[C@@H](C)O)C(=O)N[C@@H](CCCNC(=N)N)C(=O)O. The number of rotatable bonds is 25. The number of aliphatic carboxylic acids is 1. The van der Waals surface area contributed by atoms with E-state index in [1.807, 2.05) is 0 Å². The predicted octanol–water partition coefficient (Wildman–Crippen LogP) is -4.25. The monoisotopic (exact) mass is 983 g/mol. The summed E-state index contributed by atoms with van der Waals surface area (Å²) in [5.74, 6) is -8.77. The van der Waals surface area contributed by atoms with Gasteiger partial charge in [0.25, 0.3) is 5.91 Å². The topological polar surface area (TPSA) is 436 Å². The summed E-state index contributed by atoms with van der Waals surface area (Å²) in [6.45, 7) is 4.50. The van der Waals surface area contributed by atoms with Gasteiger partial charge in [0.2, 0.25) is 35.4 Å². The van der Waals surface area contributed by atoms with Crippen molar-refractivity contribution in [3.63, 3.8) is 0 Å². The van der Waals surface area contributed by atoms with Crippen molar-refractivity contribution in [1.29, 1.82) is 5.41 Å². The van der Waals surface area contributed by atoms with E-state index in [9.17, 15) is 63.6 Å². The number of phenols is 1. The Labute approximate surface area is 403 Å². The second-order valence-electron chi connectivity index (χ2n) is 17.2. The number of carboxylic acids is 1. The minimum atomic E-state index is -1.85. The fourth-order valence-electron chi connectivity index (χ4n) is 7.31. The Balaban J connectivity index is 1.73. The zero-order valence-electron chi connectivity index (χ0n) is 39.0. The van der Waals surface area contributed by atoms with Gasteiger partial charge >= 0.3 is 12.0 Å². The van der Waals surface area contributed by atoms with Crippen LogP contribution in [0.4, 0.5) is 4.79 Å². The number of amides is 9. The molecule has 3 rings (SSSR count). The highest BCUT2D eigenvalue weighted by Crippen LogP contribution is 2.21. The van der Waals surface area contributed by atoms with Crippen molar-refractivity contribution in [3.8, 4) is 5.75 Å². The summed E-state index contributed by atoms with van der Waals surface area (Å²) in [5.41, 5.74) is 22.2. The highest BCUT2D eigenvalue weighted by Gasteiger charge is 2.42. The number of phenolic OH excluding ortho intramolecular Hbond substituents is 1. The molecule has 1 aliphatic rings. The number of nitrogens with zero attached hydrogens (tertiary/aromatic N) is 1. The highest BCUT2D eigenvalue weighted by molar-refractivity contribution is 5.98. The average Bonchev–Trinajstić information content (AvgIpc) is 3.69. The van der Waals surface area contributed by atoms with Gasteiger partial charge < -0.3 is 74.4 Å². The van der Waals surface area contributed by atoms with E-state index in [1.54, 1.807) is 56.3 Å². The average molecular weight is 984 g/mol. The lowest BCUT2D eigenvalue weighted by molar-refractivity contribution is -0.142. The second-order valence-corrected chi connectivity index (χ2v) is 17.2. The van der Waals surface area contributed by atoms with Crippen LogP contribution in [0, 0.1) is 11.3 Å². The number of carbonyl (C=O) groups excluding carboxylic acids is 8. The van der Waals surface area contributed by atoms with Crippen LogP contribution in [0.5, 0.6) is 5.75 Å². The number of benzene rings is 2. The van der Waals surface area contributed by atoms with Crippen molar-refractivity contribution in [2.75, 3.05) is 13.1 Å². The summed E-state index contributed by atoms with van der Waals surface area (Å²) in [6.07, 6.45) is -3.88. The number of β-amino-alcohol motifs (C(OH)–C–C–N with tert-alkyl or cyclic N) is 1. The van der Waals surface area contributed by atoms with Crippen LogP contribution in [0.1, 0.15) is 64.0 Å². The minimum Gasteiger partial charge on any atom is -0.508 e. The van der Waals surface area contributed by atoms with Crippen LogP contribution in [0.15, 0.2) is 54.6 Å². The first-order chi connectivity index (χ1) is 32.9. The van der Waals surface area contributed by atoms with Crippen molar-refractivity contribution < 1.29 is 63.6 Å². The number of aliphatic hydroxyl groups is 2. The van der Waals surface area contributed by atoms with Crippen molar-refractivity contribution in [2.45, 2.75) is 120 Å². The maximum absolute atomic E-state index is 13.8. The van der Waals surface area contributed by atoms with E-state index in [4.69, 9.17) is 22.6 Å².